The van der Waals surface area contributed by atoms with E-state index in [-0.39, 0.29) is 6.54 Å². The summed E-state index contributed by atoms with van der Waals surface area (Å²) in [6, 6.07) is 16.6. The van der Waals surface area contributed by atoms with E-state index in [1.807, 2.05) is 30.3 Å². The molecule has 140 valence electrons. The molecular weight excluding hydrogens is 379 g/mol. The highest BCUT2D eigenvalue weighted by Gasteiger charge is 2.33. The number of hydrogen-bond donors (Lipinski definition) is 1. The fraction of sp³-hybridized carbons (Fsp3) is 0.158. The van der Waals surface area contributed by atoms with Gasteiger partial charge in [-0.3, -0.25) is 9.48 Å². The molecule has 1 aromatic heterocycles. The van der Waals surface area contributed by atoms with E-state index < -0.39 is 23.8 Å². The predicted octanol–water partition coefficient (Wildman–Crippen LogP) is 4.46. The topological polar surface area (TPSA) is 46.9 Å². The number of carbonyl (C=O) groups excluding carboxylic acids is 1. The molecule has 0 saturated carbocycles. The van der Waals surface area contributed by atoms with Crippen LogP contribution in [0.3, 0.4) is 0 Å². The minimum Gasteiger partial charge on any atom is -0.344 e. The van der Waals surface area contributed by atoms with Crippen molar-refractivity contribution in [3.63, 3.8) is 0 Å². The average molecular weight is 394 g/mol. The number of amides is 1. The number of aromatic nitrogens is 2. The lowest BCUT2D eigenvalue weighted by molar-refractivity contribution is -0.141. The van der Waals surface area contributed by atoms with Gasteiger partial charge >= 0.3 is 6.18 Å². The number of rotatable bonds is 5. The number of alkyl halides is 3. The first-order valence-electron chi connectivity index (χ1n) is 8.03. The Balaban J connectivity index is 1.78. The zero-order valence-corrected chi connectivity index (χ0v) is 14.7. The van der Waals surface area contributed by atoms with Gasteiger partial charge in [-0.1, -0.05) is 54.1 Å². The van der Waals surface area contributed by atoms with Gasteiger partial charge in [0.25, 0.3) is 0 Å². The van der Waals surface area contributed by atoms with Gasteiger partial charge in [0.1, 0.15) is 6.54 Å². The van der Waals surface area contributed by atoms with Crippen LogP contribution in [0.5, 0.6) is 0 Å². The minimum atomic E-state index is -4.54. The summed E-state index contributed by atoms with van der Waals surface area (Å²) >= 11 is 5.92. The molecule has 0 bridgehead atoms. The van der Waals surface area contributed by atoms with Gasteiger partial charge in [-0.2, -0.15) is 18.3 Å². The van der Waals surface area contributed by atoms with Gasteiger partial charge in [0.05, 0.1) is 6.04 Å². The predicted molar refractivity (Wildman–Crippen MR) is 95.1 cm³/mol. The molecule has 3 rings (SSSR count). The van der Waals surface area contributed by atoms with E-state index in [2.05, 4.69) is 10.4 Å². The van der Waals surface area contributed by atoms with E-state index in [0.29, 0.717) is 5.02 Å². The molecule has 1 atom stereocenters. The Hall–Kier alpha value is -2.80. The van der Waals surface area contributed by atoms with Crippen molar-refractivity contribution in [2.45, 2.75) is 18.8 Å². The van der Waals surface area contributed by atoms with Crippen molar-refractivity contribution in [1.82, 2.24) is 15.1 Å². The Bertz CT molecular complexity index is 908. The first-order chi connectivity index (χ1) is 12.8. The van der Waals surface area contributed by atoms with Crippen LogP contribution in [0, 0.1) is 0 Å². The lowest BCUT2D eigenvalue weighted by Crippen LogP contribution is -2.32. The second-order valence-electron chi connectivity index (χ2n) is 5.86. The van der Waals surface area contributed by atoms with Crippen molar-refractivity contribution in [3.05, 3.63) is 88.7 Å². The van der Waals surface area contributed by atoms with Crippen LogP contribution < -0.4 is 5.32 Å². The second-order valence-corrected chi connectivity index (χ2v) is 6.30. The SMILES string of the molecule is O=C(Cn1ccc(C(F)(F)F)n1)N[C@@H](c1ccccc1)c1ccc(Cl)cc1. The number of nitrogens with zero attached hydrogens (tertiary/aromatic N) is 2. The molecule has 1 N–H and O–H groups in total. The maximum absolute atomic E-state index is 12.6. The average Bonchev–Trinajstić information content (AvgIpc) is 3.10. The zero-order chi connectivity index (χ0) is 19.4. The number of hydrogen-bond acceptors (Lipinski definition) is 2. The van der Waals surface area contributed by atoms with E-state index >= 15 is 0 Å². The van der Waals surface area contributed by atoms with Gasteiger partial charge in [0, 0.05) is 11.2 Å². The molecule has 3 aromatic rings. The number of benzene rings is 2. The molecule has 27 heavy (non-hydrogen) atoms. The molecule has 0 aliphatic heterocycles. The molecule has 1 heterocycles. The van der Waals surface area contributed by atoms with E-state index in [9.17, 15) is 18.0 Å². The number of halogens is 4. The largest absolute Gasteiger partial charge is 0.435 e. The van der Waals surface area contributed by atoms with Gasteiger partial charge in [0.15, 0.2) is 5.69 Å². The minimum absolute atomic E-state index is 0.326. The fourth-order valence-corrected chi connectivity index (χ4v) is 2.74. The first kappa shape index (κ1) is 19.0. The van der Waals surface area contributed by atoms with Crippen molar-refractivity contribution >= 4 is 17.5 Å². The summed E-state index contributed by atoms with van der Waals surface area (Å²) in [7, 11) is 0. The smallest absolute Gasteiger partial charge is 0.344 e. The Morgan fingerprint density at radius 2 is 1.67 bits per heavy atom. The molecule has 0 fully saturated rings. The highest BCUT2D eigenvalue weighted by Crippen LogP contribution is 2.27. The van der Waals surface area contributed by atoms with Crippen LogP contribution in [0.1, 0.15) is 22.9 Å². The third-order valence-corrected chi connectivity index (χ3v) is 4.13. The summed E-state index contributed by atoms with van der Waals surface area (Å²) in [5.74, 6) is -0.462. The van der Waals surface area contributed by atoms with Crippen LogP contribution in [0.25, 0.3) is 0 Å². The molecule has 2 aromatic carbocycles. The van der Waals surface area contributed by atoms with Crippen molar-refractivity contribution in [1.29, 1.82) is 0 Å². The van der Waals surface area contributed by atoms with Crippen molar-refractivity contribution in [2.24, 2.45) is 0 Å². The highest BCUT2D eigenvalue weighted by molar-refractivity contribution is 6.30. The van der Waals surface area contributed by atoms with Crippen LogP contribution in [0.4, 0.5) is 13.2 Å². The van der Waals surface area contributed by atoms with Gasteiger partial charge < -0.3 is 5.32 Å². The van der Waals surface area contributed by atoms with Crippen LogP contribution in [0.2, 0.25) is 5.02 Å². The van der Waals surface area contributed by atoms with E-state index in [0.717, 1.165) is 28.1 Å². The summed E-state index contributed by atoms with van der Waals surface area (Å²) in [6.45, 7) is -0.326. The lowest BCUT2D eigenvalue weighted by atomic mass is 9.99. The molecule has 8 heteroatoms. The van der Waals surface area contributed by atoms with Crippen molar-refractivity contribution in [2.75, 3.05) is 0 Å². The quantitative estimate of drug-likeness (QED) is 0.695. The molecule has 0 spiro atoms. The highest BCUT2D eigenvalue weighted by atomic mass is 35.5. The molecule has 1 amide bonds. The Kier molecular flexibility index (Phi) is 5.51. The monoisotopic (exact) mass is 393 g/mol. The summed E-state index contributed by atoms with van der Waals surface area (Å²) in [6.07, 6.45) is -3.42. The number of nitrogens with one attached hydrogen (secondary N) is 1. The fourth-order valence-electron chi connectivity index (χ4n) is 2.61. The summed E-state index contributed by atoms with van der Waals surface area (Å²) < 4.78 is 38.9. The molecule has 0 unspecified atom stereocenters. The summed E-state index contributed by atoms with van der Waals surface area (Å²) in [4.78, 5) is 12.4. The number of carbonyl (C=O) groups is 1. The maximum atomic E-state index is 12.6. The van der Waals surface area contributed by atoms with Gasteiger partial charge in [0.2, 0.25) is 5.91 Å². The summed E-state index contributed by atoms with van der Waals surface area (Å²) in [5.41, 5.74) is 0.604. The third kappa shape index (κ3) is 4.89. The van der Waals surface area contributed by atoms with Gasteiger partial charge in [-0.15, -0.1) is 0 Å². The van der Waals surface area contributed by atoms with Gasteiger partial charge in [-0.05, 0) is 29.3 Å². The molecular formula is C19H15ClF3N3O. The second kappa shape index (κ2) is 7.84. The molecule has 0 aliphatic rings. The Morgan fingerprint density at radius 1 is 1.04 bits per heavy atom. The summed E-state index contributed by atoms with van der Waals surface area (Å²) in [5, 5.41) is 6.80. The van der Waals surface area contributed by atoms with Crippen LogP contribution in [-0.4, -0.2) is 15.7 Å². The van der Waals surface area contributed by atoms with E-state index in [1.54, 1.807) is 24.3 Å². The normalized spacial score (nSPS) is 12.6. The zero-order valence-electron chi connectivity index (χ0n) is 13.9. The third-order valence-electron chi connectivity index (χ3n) is 3.88. The maximum Gasteiger partial charge on any atom is 0.435 e. The molecule has 0 saturated heterocycles. The van der Waals surface area contributed by atoms with Crippen LogP contribution in [-0.2, 0) is 17.5 Å². The Morgan fingerprint density at radius 3 is 2.26 bits per heavy atom. The Labute approximate surface area is 158 Å². The van der Waals surface area contributed by atoms with E-state index in [1.165, 1.54) is 0 Å². The van der Waals surface area contributed by atoms with E-state index in [4.69, 9.17) is 11.6 Å². The lowest BCUT2D eigenvalue weighted by Gasteiger charge is -2.20. The first-order valence-corrected chi connectivity index (χ1v) is 8.41. The molecule has 0 radical (unpaired) electrons. The van der Waals surface area contributed by atoms with Crippen LogP contribution >= 0.6 is 11.6 Å². The van der Waals surface area contributed by atoms with Crippen LogP contribution in [0.15, 0.2) is 66.9 Å². The standard InChI is InChI=1S/C19H15ClF3N3O/c20-15-8-6-14(7-9-15)18(13-4-2-1-3-5-13)24-17(27)12-26-11-10-16(25-26)19(21,22)23/h1-11,18H,12H2,(H,24,27)/t18-/m0/s1. The van der Waals surface area contributed by atoms with Crippen molar-refractivity contribution in [3.8, 4) is 0 Å². The molecule has 0 aliphatic carbocycles. The molecule has 4 nitrogen and oxygen atoms in total. The van der Waals surface area contributed by atoms with Crippen molar-refractivity contribution < 1.29 is 18.0 Å². The van der Waals surface area contributed by atoms with Gasteiger partial charge in [-0.25, -0.2) is 0 Å².